The maximum Gasteiger partial charge on any atom is 0.266 e. The van der Waals surface area contributed by atoms with Crippen molar-refractivity contribution in [2.24, 2.45) is 0 Å². The number of allylic oxidation sites excluding steroid dienone is 1. The van der Waals surface area contributed by atoms with Crippen molar-refractivity contribution >= 4 is 0 Å². The van der Waals surface area contributed by atoms with E-state index in [-0.39, 0.29) is 5.75 Å². The van der Waals surface area contributed by atoms with Crippen molar-refractivity contribution in [1.29, 1.82) is 0 Å². The van der Waals surface area contributed by atoms with Gasteiger partial charge in [0.25, 0.3) is 6.29 Å². The third-order valence-corrected chi connectivity index (χ3v) is 2.13. The first-order valence-corrected chi connectivity index (χ1v) is 4.56. The summed E-state index contributed by atoms with van der Waals surface area (Å²) in [5.74, 6) is 1.24. The number of rotatable bonds is 2. The zero-order chi connectivity index (χ0) is 10.8. The fourth-order valence-corrected chi connectivity index (χ4v) is 1.37. The number of methoxy groups -OCH3 is 1. The van der Waals surface area contributed by atoms with Gasteiger partial charge in [0.15, 0.2) is 11.5 Å². The summed E-state index contributed by atoms with van der Waals surface area (Å²) in [6.45, 7) is 1.82. The average Bonchev–Trinajstić information content (AvgIpc) is 2.66. The molecule has 80 valence electrons. The van der Waals surface area contributed by atoms with Crippen molar-refractivity contribution in [1.82, 2.24) is 0 Å². The largest absolute Gasteiger partial charge is 0.504 e. The van der Waals surface area contributed by atoms with Gasteiger partial charge in [-0.1, -0.05) is 0 Å². The van der Waals surface area contributed by atoms with E-state index in [4.69, 9.17) is 14.2 Å². The lowest BCUT2D eigenvalue weighted by atomic mass is 10.2. The van der Waals surface area contributed by atoms with Crippen molar-refractivity contribution < 1.29 is 19.3 Å². The summed E-state index contributed by atoms with van der Waals surface area (Å²) in [5.41, 5.74) is 0.803. The van der Waals surface area contributed by atoms with Crippen LogP contribution in [-0.2, 0) is 9.47 Å². The highest BCUT2D eigenvalue weighted by Crippen LogP contribution is 2.33. The highest BCUT2D eigenvalue weighted by molar-refractivity contribution is 5.42. The second kappa shape index (κ2) is 3.73. The first kappa shape index (κ1) is 9.71. The van der Waals surface area contributed by atoms with Crippen LogP contribution in [0.4, 0.5) is 0 Å². The van der Waals surface area contributed by atoms with Crippen LogP contribution in [0.15, 0.2) is 30.2 Å². The van der Waals surface area contributed by atoms with E-state index in [0.29, 0.717) is 5.75 Å². The van der Waals surface area contributed by atoms with Crippen LogP contribution in [0.2, 0.25) is 0 Å². The predicted octanol–water partition coefficient (Wildman–Crippen LogP) is 2.31. The maximum absolute atomic E-state index is 9.41. The van der Waals surface area contributed by atoms with E-state index in [1.807, 2.05) is 6.92 Å². The van der Waals surface area contributed by atoms with Crippen LogP contribution in [0, 0.1) is 0 Å². The fourth-order valence-electron chi connectivity index (χ4n) is 1.37. The number of phenolic OH excluding ortho intramolecular Hbond substituents is 1. The zero-order valence-electron chi connectivity index (χ0n) is 8.56. The Morgan fingerprint density at radius 3 is 2.80 bits per heavy atom. The summed E-state index contributed by atoms with van der Waals surface area (Å²) in [6, 6.07) is 4.97. The van der Waals surface area contributed by atoms with Crippen LogP contribution < -0.4 is 4.74 Å². The summed E-state index contributed by atoms with van der Waals surface area (Å²) in [7, 11) is 1.50. The molecule has 4 nitrogen and oxygen atoms in total. The Hall–Kier alpha value is -1.84. The smallest absolute Gasteiger partial charge is 0.266 e. The highest BCUT2D eigenvalue weighted by Gasteiger charge is 2.20. The second-order valence-corrected chi connectivity index (χ2v) is 3.25. The van der Waals surface area contributed by atoms with E-state index >= 15 is 0 Å². The second-order valence-electron chi connectivity index (χ2n) is 3.25. The quantitative estimate of drug-likeness (QED) is 0.810. The Kier molecular flexibility index (Phi) is 2.41. The van der Waals surface area contributed by atoms with Crippen LogP contribution in [0.5, 0.6) is 11.5 Å². The standard InChI is InChI=1S/C11H12O4/c1-7-6-14-11(15-7)8-3-4-9(12)10(5-8)13-2/h3-6,11-12H,1-2H3. The number of hydrogen-bond donors (Lipinski definition) is 1. The molecular formula is C11H12O4. The number of phenols is 1. The number of ether oxygens (including phenoxy) is 3. The lowest BCUT2D eigenvalue weighted by Gasteiger charge is -2.12. The molecule has 0 radical (unpaired) electrons. The van der Waals surface area contributed by atoms with Gasteiger partial charge in [0.05, 0.1) is 7.11 Å². The summed E-state index contributed by atoms with van der Waals surface area (Å²) in [4.78, 5) is 0. The van der Waals surface area contributed by atoms with Crippen molar-refractivity contribution in [2.45, 2.75) is 13.2 Å². The SMILES string of the molecule is COc1cc(C2OC=C(C)O2)ccc1O. The van der Waals surface area contributed by atoms with Gasteiger partial charge in [-0.3, -0.25) is 0 Å². The molecule has 1 aromatic rings. The van der Waals surface area contributed by atoms with Crippen LogP contribution >= 0.6 is 0 Å². The van der Waals surface area contributed by atoms with E-state index in [1.54, 1.807) is 24.5 Å². The highest BCUT2D eigenvalue weighted by atomic mass is 16.7. The molecule has 1 heterocycles. The maximum atomic E-state index is 9.41. The lowest BCUT2D eigenvalue weighted by Crippen LogP contribution is -1.99. The van der Waals surface area contributed by atoms with Gasteiger partial charge in [-0.15, -0.1) is 0 Å². The van der Waals surface area contributed by atoms with Gasteiger partial charge in [0.1, 0.15) is 12.0 Å². The molecule has 4 heteroatoms. The molecule has 15 heavy (non-hydrogen) atoms. The van der Waals surface area contributed by atoms with Gasteiger partial charge >= 0.3 is 0 Å². The van der Waals surface area contributed by atoms with Gasteiger partial charge in [-0.2, -0.15) is 0 Å². The van der Waals surface area contributed by atoms with Crippen molar-refractivity contribution in [2.75, 3.05) is 7.11 Å². The molecule has 0 saturated heterocycles. The van der Waals surface area contributed by atoms with Gasteiger partial charge in [-0.25, -0.2) is 0 Å². The first-order chi connectivity index (χ1) is 7.20. The monoisotopic (exact) mass is 208 g/mol. The van der Waals surface area contributed by atoms with Crippen LogP contribution in [0.3, 0.4) is 0 Å². The minimum atomic E-state index is -0.445. The first-order valence-electron chi connectivity index (χ1n) is 4.56. The van der Waals surface area contributed by atoms with Crippen LogP contribution in [0.25, 0.3) is 0 Å². The number of aromatic hydroxyl groups is 1. The van der Waals surface area contributed by atoms with Gasteiger partial charge in [0.2, 0.25) is 0 Å². The Labute approximate surface area is 87.7 Å². The molecule has 0 saturated carbocycles. The van der Waals surface area contributed by atoms with Gasteiger partial charge in [0, 0.05) is 5.56 Å². The van der Waals surface area contributed by atoms with E-state index < -0.39 is 6.29 Å². The molecule has 0 aromatic heterocycles. The predicted molar refractivity (Wildman–Crippen MR) is 53.3 cm³/mol. The van der Waals surface area contributed by atoms with Crippen LogP contribution in [-0.4, -0.2) is 12.2 Å². The molecule has 0 amide bonds. The summed E-state index contributed by atoms with van der Waals surface area (Å²) >= 11 is 0. The minimum Gasteiger partial charge on any atom is -0.504 e. The molecule has 1 aliphatic rings. The average molecular weight is 208 g/mol. The molecule has 1 N–H and O–H groups in total. The van der Waals surface area contributed by atoms with E-state index in [2.05, 4.69) is 0 Å². The number of hydrogen-bond acceptors (Lipinski definition) is 4. The van der Waals surface area contributed by atoms with Crippen molar-refractivity contribution in [3.05, 3.63) is 35.8 Å². The summed E-state index contributed by atoms with van der Waals surface area (Å²) < 4.78 is 15.7. The Bertz CT molecular complexity index is 398. The molecule has 0 fully saturated rings. The third kappa shape index (κ3) is 1.83. The molecule has 1 unspecified atom stereocenters. The van der Waals surface area contributed by atoms with Crippen molar-refractivity contribution in [3.63, 3.8) is 0 Å². The molecule has 0 aliphatic carbocycles. The molecular weight excluding hydrogens is 196 g/mol. The Morgan fingerprint density at radius 2 is 2.20 bits per heavy atom. The lowest BCUT2D eigenvalue weighted by molar-refractivity contribution is -0.0332. The van der Waals surface area contributed by atoms with Crippen LogP contribution in [0.1, 0.15) is 18.8 Å². The molecule has 1 atom stereocenters. The molecule has 0 bridgehead atoms. The fraction of sp³-hybridized carbons (Fsp3) is 0.273. The van der Waals surface area contributed by atoms with E-state index in [9.17, 15) is 5.11 Å². The van der Waals surface area contributed by atoms with Gasteiger partial charge in [-0.05, 0) is 25.1 Å². The molecule has 1 aromatic carbocycles. The minimum absolute atomic E-state index is 0.101. The topological polar surface area (TPSA) is 47.9 Å². The van der Waals surface area contributed by atoms with Gasteiger partial charge < -0.3 is 19.3 Å². The van der Waals surface area contributed by atoms with Crippen molar-refractivity contribution in [3.8, 4) is 11.5 Å². The summed E-state index contributed by atoms with van der Waals surface area (Å²) in [6.07, 6.45) is 1.11. The Morgan fingerprint density at radius 1 is 1.40 bits per heavy atom. The molecule has 0 spiro atoms. The Balaban J connectivity index is 2.23. The normalized spacial score (nSPS) is 19.1. The van der Waals surface area contributed by atoms with E-state index in [0.717, 1.165) is 11.3 Å². The summed E-state index contributed by atoms with van der Waals surface area (Å²) in [5, 5.41) is 9.41. The molecule has 1 aliphatic heterocycles. The van der Waals surface area contributed by atoms with E-state index in [1.165, 1.54) is 7.11 Å². The third-order valence-electron chi connectivity index (χ3n) is 2.13. The number of benzene rings is 1. The zero-order valence-corrected chi connectivity index (χ0v) is 8.56. The molecule has 2 rings (SSSR count).